The Morgan fingerprint density at radius 1 is 1.05 bits per heavy atom. The molecule has 0 bridgehead atoms. The molecule has 5 nitrogen and oxygen atoms in total. The molecule has 0 heterocycles. The molecule has 0 aliphatic rings. The molecule has 21 heavy (non-hydrogen) atoms. The van der Waals surface area contributed by atoms with Crippen LogP contribution in [0.3, 0.4) is 0 Å². The molecule has 0 saturated heterocycles. The number of halogens is 1. The molecule has 6 heteroatoms. The first-order valence-corrected chi connectivity index (χ1v) is 6.47. The lowest BCUT2D eigenvalue weighted by Crippen LogP contribution is -2.12. The number of methoxy groups -OCH3 is 2. The topological polar surface area (TPSA) is 77.6 Å². The average molecular weight is 307 g/mol. The van der Waals surface area contributed by atoms with E-state index in [0.29, 0.717) is 33.6 Å². The van der Waals surface area contributed by atoms with Gasteiger partial charge in [0, 0.05) is 11.1 Å². The van der Waals surface area contributed by atoms with Crippen molar-refractivity contribution in [2.45, 2.75) is 0 Å². The predicted octanol–water partition coefficient (Wildman–Crippen LogP) is 3.43. The summed E-state index contributed by atoms with van der Waals surface area (Å²) in [7, 11) is 3.07. The number of benzene rings is 2. The van der Waals surface area contributed by atoms with Crippen LogP contribution >= 0.6 is 11.6 Å². The molecule has 0 unspecified atom stereocenters. The van der Waals surface area contributed by atoms with Gasteiger partial charge in [-0.25, -0.2) is 0 Å². The lowest BCUT2D eigenvalue weighted by Gasteiger charge is -2.16. The Balaban J connectivity index is 2.52. The molecule has 110 valence electrons. The number of amidine groups is 1. The zero-order valence-corrected chi connectivity index (χ0v) is 12.4. The van der Waals surface area contributed by atoms with Crippen LogP contribution < -0.4 is 19.9 Å². The fourth-order valence-electron chi connectivity index (χ4n) is 1.83. The van der Waals surface area contributed by atoms with Crippen LogP contribution in [0.1, 0.15) is 5.56 Å². The van der Waals surface area contributed by atoms with E-state index in [1.165, 1.54) is 14.2 Å². The highest BCUT2D eigenvalue weighted by molar-refractivity contribution is 6.30. The second-order valence-corrected chi connectivity index (χ2v) is 4.58. The van der Waals surface area contributed by atoms with Crippen LogP contribution in [0.2, 0.25) is 5.02 Å². The summed E-state index contributed by atoms with van der Waals surface area (Å²) in [5.41, 5.74) is 5.99. The largest absolute Gasteiger partial charge is 0.493 e. The maximum Gasteiger partial charge on any atom is 0.211 e. The lowest BCUT2D eigenvalue weighted by atomic mass is 10.2. The van der Waals surface area contributed by atoms with Gasteiger partial charge in [-0.05, 0) is 24.3 Å². The zero-order valence-electron chi connectivity index (χ0n) is 11.6. The first kappa shape index (κ1) is 15.0. The quantitative estimate of drug-likeness (QED) is 0.655. The second-order valence-electron chi connectivity index (χ2n) is 4.15. The molecule has 0 amide bonds. The van der Waals surface area contributed by atoms with Crippen molar-refractivity contribution in [3.8, 4) is 23.0 Å². The monoisotopic (exact) mass is 306 g/mol. The number of rotatable bonds is 5. The standard InChI is InChI=1S/C15H15ClN2O3/c1-19-11-4-3-5-12(20-2)14(11)21-13-8-9(16)6-7-10(13)15(17)18/h3-8H,1-2H3,(H3,17,18). The van der Waals surface area contributed by atoms with Crippen molar-refractivity contribution < 1.29 is 14.2 Å². The van der Waals surface area contributed by atoms with Crippen LogP contribution in [-0.2, 0) is 0 Å². The van der Waals surface area contributed by atoms with Crippen molar-refractivity contribution in [1.29, 1.82) is 5.41 Å². The van der Waals surface area contributed by atoms with E-state index < -0.39 is 0 Å². The molecule has 0 saturated carbocycles. The van der Waals surface area contributed by atoms with Crippen molar-refractivity contribution >= 4 is 17.4 Å². The van der Waals surface area contributed by atoms with Gasteiger partial charge in [0.15, 0.2) is 11.5 Å². The number of hydrogen-bond donors (Lipinski definition) is 2. The Hall–Kier alpha value is -2.40. The normalized spacial score (nSPS) is 10.0. The van der Waals surface area contributed by atoms with Crippen molar-refractivity contribution in [2.24, 2.45) is 5.73 Å². The fourth-order valence-corrected chi connectivity index (χ4v) is 1.99. The number of ether oxygens (including phenoxy) is 3. The van der Waals surface area contributed by atoms with Gasteiger partial charge >= 0.3 is 0 Å². The molecule has 0 radical (unpaired) electrons. The van der Waals surface area contributed by atoms with E-state index in [-0.39, 0.29) is 5.84 Å². The summed E-state index contributed by atoms with van der Waals surface area (Å²) < 4.78 is 16.4. The van der Waals surface area contributed by atoms with Gasteiger partial charge in [0.1, 0.15) is 11.6 Å². The Morgan fingerprint density at radius 2 is 1.67 bits per heavy atom. The van der Waals surface area contributed by atoms with E-state index >= 15 is 0 Å². The van der Waals surface area contributed by atoms with Crippen molar-refractivity contribution in [3.05, 3.63) is 47.0 Å². The number of nitrogen functional groups attached to an aromatic ring is 1. The third-order valence-electron chi connectivity index (χ3n) is 2.83. The minimum atomic E-state index is -0.115. The van der Waals surface area contributed by atoms with Crippen LogP contribution in [0.4, 0.5) is 0 Å². The lowest BCUT2D eigenvalue weighted by molar-refractivity contribution is 0.346. The number of nitrogens with one attached hydrogen (secondary N) is 1. The molecule has 0 aliphatic heterocycles. The predicted molar refractivity (Wildman–Crippen MR) is 82.1 cm³/mol. The molecule has 2 aromatic carbocycles. The van der Waals surface area contributed by atoms with E-state index in [1.54, 1.807) is 36.4 Å². The van der Waals surface area contributed by atoms with Crippen molar-refractivity contribution in [2.75, 3.05) is 14.2 Å². The first-order chi connectivity index (χ1) is 10.1. The molecule has 0 spiro atoms. The van der Waals surface area contributed by atoms with Gasteiger partial charge < -0.3 is 19.9 Å². The van der Waals surface area contributed by atoms with Gasteiger partial charge in [-0.3, -0.25) is 5.41 Å². The highest BCUT2D eigenvalue weighted by atomic mass is 35.5. The first-order valence-electron chi connectivity index (χ1n) is 6.09. The van der Waals surface area contributed by atoms with Crippen LogP contribution in [0.5, 0.6) is 23.0 Å². The van der Waals surface area contributed by atoms with Gasteiger partial charge in [0.2, 0.25) is 5.75 Å². The molecule has 0 aromatic heterocycles. The minimum absolute atomic E-state index is 0.115. The molecule has 0 aliphatic carbocycles. The Kier molecular flexibility index (Phi) is 4.55. The summed E-state index contributed by atoms with van der Waals surface area (Å²) in [6.07, 6.45) is 0. The minimum Gasteiger partial charge on any atom is -0.493 e. The van der Waals surface area contributed by atoms with Gasteiger partial charge in [0.25, 0.3) is 0 Å². The molecular formula is C15H15ClN2O3. The van der Waals surface area contributed by atoms with Crippen molar-refractivity contribution in [1.82, 2.24) is 0 Å². The van der Waals surface area contributed by atoms with E-state index in [4.69, 9.17) is 37.0 Å². The summed E-state index contributed by atoms with van der Waals surface area (Å²) in [6, 6.07) is 10.1. The van der Waals surface area contributed by atoms with Crippen LogP contribution in [-0.4, -0.2) is 20.1 Å². The molecule has 0 fully saturated rings. The highest BCUT2D eigenvalue weighted by Gasteiger charge is 2.16. The summed E-state index contributed by atoms with van der Waals surface area (Å²) in [5, 5.41) is 8.08. The molecule has 2 rings (SSSR count). The SMILES string of the molecule is COc1cccc(OC)c1Oc1cc(Cl)ccc1C(=N)N. The number of hydrogen-bond acceptors (Lipinski definition) is 4. The van der Waals surface area contributed by atoms with Gasteiger partial charge in [-0.15, -0.1) is 0 Å². The van der Waals surface area contributed by atoms with E-state index in [0.717, 1.165) is 0 Å². The summed E-state index contributed by atoms with van der Waals surface area (Å²) in [4.78, 5) is 0. The Labute approximate surface area is 127 Å². The van der Waals surface area contributed by atoms with Gasteiger partial charge in [-0.1, -0.05) is 17.7 Å². The van der Waals surface area contributed by atoms with Gasteiger partial charge in [0.05, 0.1) is 19.8 Å². The van der Waals surface area contributed by atoms with E-state index in [1.807, 2.05) is 0 Å². The number of para-hydroxylation sites is 1. The zero-order chi connectivity index (χ0) is 15.4. The average Bonchev–Trinajstić information content (AvgIpc) is 2.47. The van der Waals surface area contributed by atoms with Gasteiger partial charge in [-0.2, -0.15) is 0 Å². The Morgan fingerprint density at radius 3 is 2.19 bits per heavy atom. The van der Waals surface area contributed by atoms with Crippen LogP contribution in [0, 0.1) is 5.41 Å². The highest BCUT2D eigenvalue weighted by Crippen LogP contribution is 2.41. The molecule has 3 N–H and O–H groups in total. The summed E-state index contributed by atoms with van der Waals surface area (Å²) in [5.74, 6) is 1.65. The molecule has 2 aromatic rings. The number of nitrogens with two attached hydrogens (primary N) is 1. The van der Waals surface area contributed by atoms with E-state index in [9.17, 15) is 0 Å². The van der Waals surface area contributed by atoms with E-state index in [2.05, 4.69) is 0 Å². The summed E-state index contributed by atoms with van der Waals surface area (Å²) in [6.45, 7) is 0. The molecule has 0 atom stereocenters. The third-order valence-corrected chi connectivity index (χ3v) is 3.06. The fraction of sp³-hybridized carbons (Fsp3) is 0.133. The van der Waals surface area contributed by atoms with Crippen LogP contribution in [0.15, 0.2) is 36.4 Å². The smallest absolute Gasteiger partial charge is 0.211 e. The molecular weight excluding hydrogens is 292 g/mol. The second kappa shape index (κ2) is 6.37. The maximum absolute atomic E-state index is 7.60. The van der Waals surface area contributed by atoms with Crippen molar-refractivity contribution in [3.63, 3.8) is 0 Å². The summed E-state index contributed by atoms with van der Waals surface area (Å²) >= 11 is 5.98. The Bertz CT molecular complexity index is 652. The third kappa shape index (κ3) is 3.20. The maximum atomic E-state index is 7.60. The van der Waals surface area contributed by atoms with Crippen LogP contribution in [0.25, 0.3) is 0 Å².